The maximum Gasteiger partial charge on any atom is 0.244 e. The molecule has 0 aliphatic carbocycles. The number of nitrogens with zero attached hydrogens (tertiary/aromatic N) is 3. The largest absolute Gasteiger partial charge is 0.325 e. The molecule has 1 amide bonds. The molecule has 0 fully saturated rings. The predicted molar refractivity (Wildman–Crippen MR) is 112 cm³/mol. The van der Waals surface area contributed by atoms with Gasteiger partial charge in [0.25, 0.3) is 0 Å². The van der Waals surface area contributed by atoms with Crippen LogP contribution in [0.15, 0.2) is 41.8 Å². The minimum absolute atomic E-state index is 0.114. The van der Waals surface area contributed by atoms with Crippen LogP contribution in [0.5, 0.6) is 0 Å². The van der Waals surface area contributed by atoms with Crippen LogP contribution in [0.2, 0.25) is 0 Å². The second-order valence-corrected chi connectivity index (χ2v) is 7.46. The summed E-state index contributed by atoms with van der Waals surface area (Å²) < 4.78 is 2.15. The molecule has 27 heavy (non-hydrogen) atoms. The lowest BCUT2D eigenvalue weighted by Crippen LogP contribution is -2.22. The number of aromatic nitrogens is 3. The Kier molecular flexibility index (Phi) is 6.54. The van der Waals surface area contributed by atoms with Crippen molar-refractivity contribution in [3.63, 3.8) is 0 Å². The van der Waals surface area contributed by atoms with Crippen LogP contribution in [-0.2, 0) is 17.9 Å². The molecule has 6 nitrogen and oxygen atoms in total. The van der Waals surface area contributed by atoms with Crippen molar-refractivity contribution in [3.8, 4) is 10.7 Å². The summed E-state index contributed by atoms with van der Waals surface area (Å²) in [7, 11) is 0. The molecule has 142 valence electrons. The van der Waals surface area contributed by atoms with Crippen molar-refractivity contribution in [2.75, 3.05) is 18.4 Å². The topological polar surface area (TPSA) is 66.0 Å². The van der Waals surface area contributed by atoms with Gasteiger partial charge < -0.3 is 5.32 Å². The SMILES string of the molecule is CCN(CC)Cc1cccc(NC(=O)Cn2c(-c3cccs3)n[nH]c2=S)c1. The van der Waals surface area contributed by atoms with E-state index in [2.05, 4.69) is 40.3 Å². The van der Waals surface area contributed by atoms with Gasteiger partial charge in [0.1, 0.15) is 6.54 Å². The van der Waals surface area contributed by atoms with Crippen molar-refractivity contribution < 1.29 is 4.79 Å². The lowest BCUT2D eigenvalue weighted by atomic mass is 10.2. The number of anilines is 1. The number of hydrogen-bond acceptors (Lipinski definition) is 5. The highest BCUT2D eigenvalue weighted by molar-refractivity contribution is 7.71. The Morgan fingerprint density at radius 1 is 1.30 bits per heavy atom. The molecule has 0 aliphatic rings. The monoisotopic (exact) mass is 401 g/mol. The second-order valence-electron chi connectivity index (χ2n) is 6.13. The van der Waals surface area contributed by atoms with Crippen LogP contribution in [0.1, 0.15) is 19.4 Å². The molecule has 0 radical (unpaired) electrons. The van der Waals surface area contributed by atoms with Gasteiger partial charge in [-0.2, -0.15) is 5.10 Å². The maximum atomic E-state index is 12.6. The number of hydrogen-bond donors (Lipinski definition) is 2. The Morgan fingerprint density at radius 3 is 2.81 bits per heavy atom. The Balaban J connectivity index is 1.70. The van der Waals surface area contributed by atoms with Gasteiger partial charge in [0, 0.05) is 12.2 Å². The van der Waals surface area contributed by atoms with Crippen molar-refractivity contribution in [3.05, 3.63) is 52.1 Å². The highest BCUT2D eigenvalue weighted by Crippen LogP contribution is 2.22. The van der Waals surface area contributed by atoms with E-state index in [1.807, 2.05) is 35.7 Å². The lowest BCUT2D eigenvalue weighted by Gasteiger charge is -2.18. The average Bonchev–Trinajstić information content (AvgIpc) is 3.30. The van der Waals surface area contributed by atoms with Crippen LogP contribution in [0.3, 0.4) is 0 Å². The molecule has 0 saturated heterocycles. The van der Waals surface area contributed by atoms with Crippen molar-refractivity contribution >= 4 is 35.1 Å². The lowest BCUT2D eigenvalue weighted by molar-refractivity contribution is -0.116. The predicted octanol–water partition coefficient (Wildman–Crippen LogP) is 4.15. The highest BCUT2D eigenvalue weighted by Gasteiger charge is 2.13. The second kappa shape index (κ2) is 9.07. The number of H-pyrrole nitrogens is 1. The van der Waals surface area contributed by atoms with Crippen molar-refractivity contribution in [1.29, 1.82) is 0 Å². The van der Waals surface area contributed by atoms with E-state index in [1.165, 1.54) is 5.56 Å². The molecule has 3 rings (SSSR count). The zero-order valence-corrected chi connectivity index (χ0v) is 17.1. The molecule has 0 saturated carbocycles. The van der Waals surface area contributed by atoms with Crippen LogP contribution in [0, 0.1) is 4.77 Å². The molecule has 1 aromatic carbocycles. The molecule has 2 heterocycles. The first kappa shape index (κ1) is 19.5. The fourth-order valence-electron chi connectivity index (χ4n) is 2.86. The highest BCUT2D eigenvalue weighted by atomic mass is 32.1. The standard InChI is InChI=1S/C19H23N5OS2/c1-3-23(4-2)12-14-7-5-8-15(11-14)20-17(25)13-24-18(21-22-19(24)26)16-9-6-10-27-16/h5-11H,3-4,12-13H2,1-2H3,(H,20,25)(H,22,26). The smallest absolute Gasteiger partial charge is 0.244 e. The summed E-state index contributed by atoms with van der Waals surface area (Å²) in [6.07, 6.45) is 0. The minimum Gasteiger partial charge on any atom is -0.325 e. The Hall–Kier alpha value is -2.29. The van der Waals surface area contributed by atoms with Crippen LogP contribution in [0.25, 0.3) is 10.7 Å². The molecule has 0 atom stereocenters. The molecule has 0 aliphatic heterocycles. The first-order valence-corrected chi connectivity index (χ1v) is 10.2. The van der Waals surface area contributed by atoms with Crippen molar-refractivity contribution in [1.82, 2.24) is 19.7 Å². The third-order valence-electron chi connectivity index (χ3n) is 4.31. The third-order valence-corrected chi connectivity index (χ3v) is 5.49. The van der Waals surface area contributed by atoms with E-state index in [0.717, 1.165) is 30.2 Å². The first-order chi connectivity index (χ1) is 13.1. The normalized spacial score (nSPS) is 11.1. The summed E-state index contributed by atoms with van der Waals surface area (Å²) in [5, 5.41) is 12.0. The number of carbonyl (C=O) groups is 1. The fourth-order valence-corrected chi connectivity index (χ4v) is 3.77. The van der Waals surface area contributed by atoms with Gasteiger partial charge in [-0.3, -0.25) is 19.4 Å². The van der Waals surface area contributed by atoms with E-state index in [4.69, 9.17) is 12.2 Å². The van der Waals surface area contributed by atoms with Crippen molar-refractivity contribution in [2.45, 2.75) is 26.9 Å². The van der Waals surface area contributed by atoms with Crippen LogP contribution in [-0.4, -0.2) is 38.7 Å². The Morgan fingerprint density at radius 2 is 2.11 bits per heavy atom. The van der Waals surface area contributed by atoms with Crippen LogP contribution in [0.4, 0.5) is 5.69 Å². The molecular weight excluding hydrogens is 378 g/mol. The average molecular weight is 402 g/mol. The molecule has 8 heteroatoms. The van der Waals surface area contributed by atoms with Gasteiger partial charge in [-0.25, -0.2) is 0 Å². The number of thiophene rings is 1. The summed E-state index contributed by atoms with van der Waals surface area (Å²) in [5.41, 5.74) is 1.97. The molecular formula is C19H23N5OS2. The molecule has 3 aromatic rings. The number of amides is 1. The van der Waals surface area contributed by atoms with Gasteiger partial charge in [-0.1, -0.05) is 32.0 Å². The van der Waals surface area contributed by atoms with E-state index in [9.17, 15) is 4.79 Å². The summed E-state index contributed by atoms with van der Waals surface area (Å²) in [4.78, 5) is 15.9. The van der Waals surface area contributed by atoms with Gasteiger partial charge in [0.2, 0.25) is 5.91 Å². The Labute approximate surface area is 167 Å². The van der Waals surface area contributed by atoms with E-state index < -0.39 is 0 Å². The minimum atomic E-state index is -0.134. The number of rotatable bonds is 8. The molecule has 2 aromatic heterocycles. The first-order valence-electron chi connectivity index (χ1n) is 8.91. The van der Waals surface area contributed by atoms with Gasteiger partial charge >= 0.3 is 0 Å². The Bertz CT molecular complexity index is 941. The number of benzene rings is 1. The number of aromatic amines is 1. The van der Waals surface area contributed by atoms with E-state index in [-0.39, 0.29) is 12.5 Å². The molecule has 0 spiro atoms. The van der Waals surface area contributed by atoms with Crippen LogP contribution < -0.4 is 5.32 Å². The van der Waals surface area contributed by atoms with E-state index in [0.29, 0.717) is 10.6 Å². The maximum absolute atomic E-state index is 12.6. The number of nitrogens with one attached hydrogen (secondary N) is 2. The summed E-state index contributed by atoms with van der Waals surface area (Å²) >= 11 is 6.85. The quantitative estimate of drug-likeness (QED) is 0.557. The zero-order chi connectivity index (χ0) is 19.2. The van der Waals surface area contributed by atoms with Gasteiger partial charge in [0.15, 0.2) is 10.6 Å². The third kappa shape index (κ3) is 4.91. The van der Waals surface area contributed by atoms with Gasteiger partial charge in [-0.15, -0.1) is 11.3 Å². The molecule has 0 bridgehead atoms. The summed E-state index contributed by atoms with van der Waals surface area (Å²) in [5.74, 6) is 0.547. The van der Waals surface area contributed by atoms with E-state index >= 15 is 0 Å². The van der Waals surface area contributed by atoms with Gasteiger partial charge in [-0.05, 0) is 54.5 Å². The fraction of sp³-hybridized carbons (Fsp3) is 0.316. The molecule has 0 unspecified atom stereocenters. The van der Waals surface area contributed by atoms with Crippen molar-refractivity contribution in [2.24, 2.45) is 0 Å². The van der Waals surface area contributed by atoms with E-state index in [1.54, 1.807) is 15.9 Å². The summed E-state index contributed by atoms with van der Waals surface area (Å²) in [6, 6.07) is 11.9. The summed E-state index contributed by atoms with van der Waals surface area (Å²) in [6.45, 7) is 7.27. The van der Waals surface area contributed by atoms with Crippen LogP contribution >= 0.6 is 23.6 Å². The number of carbonyl (C=O) groups excluding carboxylic acids is 1. The van der Waals surface area contributed by atoms with Gasteiger partial charge in [0.05, 0.1) is 4.88 Å². The zero-order valence-electron chi connectivity index (χ0n) is 15.4. The molecule has 2 N–H and O–H groups in total.